The third-order valence-corrected chi connectivity index (χ3v) is 2.43. The van der Waals surface area contributed by atoms with Crippen LogP contribution in [-0.4, -0.2) is 23.9 Å². The van der Waals surface area contributed by atoms with Gasteiger partial charge in [0.15, 0.2) is 0 Å². The van der Waals surface area contributed by atoms with Gasteiger partial charge in [-0.25, -0.2) is 4.79 Å². The van der Waals surface area contributed by atoms with Crippen molar-refractivity contribution in [3.05, 3.63) is 41.1 Å². The number of benzene rings is 1. The molecule has 0 unspecified atom stereocenters. The van der Waals surface area contributed by atoms with Crippen LogP contribution in [0.1, 0.15) is 11.1 Å². The summed E-state index contributed by atoms with van der Waals surface area (Å²) in [4.78, 5) is 23.8. The third-order valence-electron chi connectivity index (χ3n) is 2.43. The summed E-state index contributed by atoms with van der Waals surface area (Å²) in [6.07, 6.45) is 1.68. The summed E-state index contributed by atoms with van der Waals surface area (Å²) < 4.78 is 0. The van der Waals surface area contributed by atoms with Crippen LogP contribution in [-0.2, 0) is 4.79 Å². The molecule has 0 spiro atoms. The number of amides is 3. The fraction of sp³-hybridized carbons (Fsp3) is 0.167. The summed E-state index contributed by atoms with van der Waals surface area (Å²) in [6.45, 7) is 1.98. The predicted molar refractivity (Wildman–Crippen MR) is 60.5 cm³/mol. The van der Waals surface area contributed by atoms with Gasteiger partial charge < -0.3 is 5.32 Å². The van der Waals surface area contributed by atoms with Crippen molar-refractivity contribution in [2.45, 2.75) is 6.92 Å². The molecule has 0 aliphatic carbocycles. The molecule has 0 atom stereocenters. The topological polar surface area (TPSA) is 49.4 Å². The Kier molecular flexibility index (Phi) is 2.48. The molecule has 1 fully saturated rings. The Balaban J connectivity index is 2.33. The van der Waals surface area contributed by atoms with Gasteiger partial charge in [0, 0.05) is 7.05 Å². The number of nitrogens with one attached hydrogen (secondary N) is 1. The number of carbonyl (C=O) groups excluding carboxylic acids is 2. The van der Waals surface area contributed by atoms with Gasteiger partial charge in [0.05, 0.1) is 0 Å². The first-order valence-corrected chi connectivity index (χ1v) is 4.95. The van der Waals surface area contributed by atoms with E-state index in [-0.39, 0.29) is 11.9 Å². The van der Waals surface area contributed by atoms with E-state index in [2.05, 4.69) is 5.32 Å². The highest BCUT2D eigenvalue weighted by Gasteiger charge is 2.29. The van der Waals surface area contributed by atoms with E-state index in [1.54, 1.807) is 6.08 Å². The Labute approximate surface area is 93.6 Å². The second-order valence-corrected chi connectivity index (χ2v) is 3.77. The molecule has 0 saturated carbocycles. The molecule has 1 heterocycles. The average Bonchev–Trinajstić information content (AvgIpc) is 2.47. The number of rotatable bonds is 1. The van der Waals surface area contributed by atoms with Crippen LogP contribution >= 0.6 is 0 Å². The lowest BCUT2D eigenvalue weighted by atomic mass is 10.1. The number of aryl methyl sites for hydroxylation is 1. The summed E-state index contributed by atoms with van der Waals surface area (Å²) in [5, 5.41) is 2.52. The van der Waals surface area contributed by atoms with Gasteiger partial charge in [0.2, 0.25) is 0 Å². The van der Waals surface area contributed by atoms with Crippen molar-refractivity contribution in [3.8, 4) is 0 Å². The van der Waals surface area contributed by atoms with E-state index in [9.17, 15) is 9.59 Å². The van der Waals surface area contributed by atoms with Crippen molar-refractivity contribution < 1.29 is 9.59 Å². The zero-order chi connectivity index (χ0) is 11.7. The fourth-order valence-electron chi connectivity index (χ4n) is 1.55. The lowest BCUT2D eigenvalue weighted by Crippen LogP contribution is -2.25. The van der Waals surface area contributed by atoms with Gasteiger partial charge in [-0.1, -0.05) is 29.8 Å². The second-order valence-electron chi connectivity index (χ2n) is 3.77. The molecule has 82 valence electrons. The first-order chi connectivity index (χ1) is 7.58. The molecule has 1 N–H and O–H groups in total. The fourth-order valence-corrected chi connectivity index (χ4v) is 1.55. The van der Waals surface area contributed by atoms with Gasteiger partial charge in [-0.3, -0.25) is 9.69 Å². The number of imide groups is 1. The minimum absolute atomic E-state index is 0.300. The van der Waals surface area contributed by atoms with Crippen LogP contribution in [0.2, 0.25) is 0 Å². The Morgan fingerprint density at radius 1 is 1.31 bits per heavy atom. The van der Waals surface area contributed by atoms with E-state index >= 15 is 0 Å². The lowest BCUT2D eigenvalue weighted by Gasteiger charge is -2.00. The van der Waals surface area contributed by atoms with Crippen LogP contribution in [0.25, 0.3) is 6.08 Å². The van der Waals surface area contributed by atoms with Gasteiger partial charge in [0.1, 0.15) is 5.70 Å². The van der Waals surface area contributed by atoms with Crippen LogP contribution in [0.5, 0.6) is 0 Å². The number of hydrogen-bond acceptors (Lipinski definition) is 2. The highest BCUT2D eigenvalue weighted by Crippen LogP contribution is 2.13. The van der Waals surface area contributed by atoms with Crippen LogP contribution < -0.4 is 5.32 Å². The van der Waals surface area contributed by atoms with Crippen molar-refractivity contribution in [1.82, 2.24) is 10.2 Å². The molecular formula is C12H12N2O2. The maximum atomic E-state index is 11.6. The van der Waals surface area contributed by atoms with Gasteiger partial charge >= 0.3 is 6.03 Å². The van der Waals surface area contributed by atoms with E-state index in [1.807, 2.05) is 31.2 Å². The molecule has 2 rings (SSSR count). The summed E-state index contributed by atoms with van der Waals surface area (Å²) in [7, 11) is 1.45. The second kappa shape index (κ2) is 3.81. The van der Waals surface area contributed by atoms with E-state index in [0.29, 0.717) is 5.70 Å². The number of nitrogens with zero attached hydrogens (tertiary/aromatic N) is 1. The van der Waals surface area contributed by atoms with Crippen LogP contribution in [0.15, 0.2) is 30.0 Å². The average molecular weight is 216 g/mol. The molecule has 1 aromatic carbocycles. The normalized spacial score (nSPS) is 18.1. The summed E-state index contributed by atoms with van der Waals surface area (Å²) in [5.74, 6) is -0.300. The van der Waals surface area contributed by atoms with E-state index < -0.39 is 0 Å². The minimum Gasteiger partial charge on any atom is -0.303 e. The molecule has 1 aromatic rings. The van der Waals surface area contributed by atoms with E-state index in [0.717, 1.165) is 16.0 Å². The van der Waals surface area contributed by atoms with Crippen LogP contribution in [0.4, 0.5) is 4.79 Å². The Hall–Kier alpha value is -2.10. The maximum absolute atomic E-state index is 11.6. The quantitative estimate of drug-likeness (QED) is 0.571. The monoisotopic (exact) mass is 216 g/mol. The molecule has 1 saturated heterocycles. The van der Waals surface area contributed by atoms with Gasteiger partial charge in [0.25, 0.3) is 5.91 Å². The van der Waals surface area contributed by atoms with Crippen molar-refractivity contribution in [1.29, 1.82) is 0 Å². The molecule has 4 nitrogen and oxygen atoms in total. The first kappa shape index (κ1) is 10.4. The molecule has 3 amide bonds. The van der Waals surface area contributed by atoms with Crippen molar-refractivity contribution in [3.63, 3.8) is 0 Å². The highest BCUT2D eigenvalue weighted by atomic mass is 16.2. The van der Waals surface area contributed by atoms with E-state index in [1.165, 1.54) is 7.05 Å². The van der Waals surface area contributed by atoms with Gasteiger partial charge in [-0.2, -0.15) is 0 Å². The standard InChI is InChI=1S/C12H12N2O2/c1-8-4-3-5-9(6-8)7-10-11(15)14(2)12(16)13-10/h3-7H,1-2H3,(H,13,16)/b10-7-. The van der Waals surface area contributed by atoms with Crippen molar-refractivity contribution in [2.24, 2.45) is 0 Å². The van der Waals surface area contributed by atoms with Crippen LogP contribution in [0.3, 0.4) is 0 Å². The molecule has 1 aliphatic heterocycles. The molecule has 1 aliphatic rings. The molecule has 4 heteroatoms. The molecule has 0 bridgehead atoms. The van der Waals surface area contributed by atoms with Crippen molar-refractivity contribution >= 4 is 18.0 Å². The Morgan fingerprint density at radius 2 is 2.06 bits per heavy atom. The molecule has 0 aromatic heterocycles. The molecular weight excluding hydrogens is 204 g/mol. The van der Waals surface area contributed by atoms with E-state index in [4.69, 9.17) is 0 Å². The molecule has 0 radical (unpaired) electrons. The first-order valence-electron chi connectivity index (χ1n) is 4.95. The number of hydrogen-bond donors (Lipinski definition) is 1. The van der Waals surface area contributed by atoms with Gasteiger partial charge in [-0.15, -0.1) is 0 Å². The highest BCUT2D eigenvalue weighted by molar-refractivity contribution is 6.13. The number of urea groups is 1. The lowest BCUT2D eigenvalue weighted by molar-refractivity contribution is -0.121. The summed E-state index contributed by atoms with van der Waals surface area (Å²) in [6, 6.07) is 7.34. The number of carbonyl (C=O) groups is 2. The van der Waals surface area contributed by atoms with Crippen LogP contribution in [0, 0.1) is 6.92 Å². The zero-order valence-corrected chi connectivity index (χ0v) is 9.15. The van der Waals surface area contributed by atoms with Crippen molar-refractivity contribution in [2.75, 3.05) is 7.05 Å². The largest absolute Gasteiger partial charge is 0.328 e. The predicted octanol–water partition coefficient (Wildman–Crippen LogP) is 1.52. The number of likely N-dealkylation sites (N-methyl/N-ethyl adjacent to an activating group) is 1. The zero-order valence-electron chi connectivity index (χ0n) is 9.15. The van der Waals surface area contributed by atoms with Gasteiger partial charge in [-0.05, 0) is 18.6 Å². The SMILES string of the molecule is Cc1cccc(/C=C2\NC(=O)N(C)C2=O)c1. The molecule has 16 heavy (non-hydrogen) atoms. The Bertz CT molecular complexity index is 492. The third kappa shape index (κ3) is 1.82. The summed E-state index contributed by atoms with van der Waals surface area (Å²) >= 11 is 0. The minimum atomic E-state index is -0.385. The smallest absolute Gasteiger partial charge is 0.303 e. The maximum Gasteiger partial charge on any atom is 0.328 e. The Morgan fingerprint density at radius 3 is 2.62 bits per heavy atom. The summed E-state index contributed by atoms with van der Waals surface area (Å²) in [5.41, 5.74) is 2.33.